The first-order valence-corrected chi connectivity index (χ1v) is 5.62. The minimum absolute atomic E-state index is 0.209. The molecule has 0 bridgehead atoms. The summed E-state index contributed by atoms with van der Waals surface area (Å²) in [4.78, 5) is 30.1. The molecule has 0 aliphatic heterocycles. The number of hydrogen-bond donors (Lipinski definition) is 1. The van der Waals surface area contributed by atoms with Gasteiger partial charge in [0.05, 0.1) is 18.1 Å². The van der Waals surface area contributed by atoms with Crippen LogP contribution in [0, 0.1) is 0 Å². The standard InChI is InChI=1S/C11H14ClN3O3/c1-11(2,3)18-10(17)15-8(6-16)7-4-14-9(12)5-13-7/h4-6,8H,1-3H3,(H,15,17). The number of alkyl carbamates (subject to hydrolysis) is 1. The number of aldehydes is 1. The first-order valence-electron chi connectivity index (χ1n) is 5.24. The predicted molar refractivity (Wildman–Crippen MR) is 65.2 cm³/mol. The lowest BCUT2D eigenvalue weighted by Crippen LogP contribution is -2.35. The highest BCUT2D eigenvalue weighted by Crippen LogP contribution is 2.11. The fourth-order valence-electron chi connectivity index (χ4n) is 1.10. The molecule has 1 rings (SSSR count). The summed E-state index contributed by atoms with van der Waals surface area (Å²) in [6, 6.07) is -0.912. The lowest BCUT2D eigenvalue weighted by molar-refractivity contribution is -0.109. The summed E-state index contributed by atoms with van der Waals surface area (Å²) >= 11 is 5.58. The van der Waals surface area contributed by atoms with Gasteiger partial charge in [-0.1, -0.05) is 11.6 Å². The number of carbonyl (C=O) groups is 2. The van der Waals surface area contributed by atoms with Crippen molar-refractivity contribution >= 4 is 24.0 Å². The van der Waals surface area contributed by atoms with Gasteiger partial charge < -0.3 is 14.8 Å². The van der Waals surface area contributed by atoms with Crippen molar-refractivity contribution in [2.75, 3.05) is 0 Å². The molecule has 1 amide bonds. The highest BCUT2D eigenvalue weighted by Gasteiger charge is 2.21. The van der Waals surface area contributed by atoms with E-state index in [1.807, 2.05) is 0 Å². The first-order chi connectivity index (χ1) is 8.31. The van der Waals surface area contributed by atoms with Gasteiger partial charge in [0, 0.05) is 0 Å². The molecule has 0 aromatic carbocycles. The Hall–Kier alpha value is -1.69. The predicted octanol–water partition coefficient (Wildman–Crippen LogP) is 1.89. The molecule has 1 N–H and O–H groups in total. The number of nitrogens with zero attached hydrogens (tertiary/aromatic N) is 2. The molecule has 1 unspecified atom stereocenters. The molecule has 0 aliphatic carbocycles. The van der Waals surface area contributed by atoms with Crippen molar-refractivity contribution < 1.29 is 14.3 Å². The number of carbonyl (C=O) groups excluding carboxylic acids is 2. The molecular formula is C11H14ClN3O3. The van der Waals surface area contributed by atoms with Crippen LogP contribution in [-0.2, 0) is 9.53 Å². The van der Waals surface area contributed by atoms with Gasteiger partial charge >= 0.3 is 6.09 Å². The Morgan fingerprint density at radius 3 is 2.56 bits per heavy atom. The van der Waals surface area contributed by atoms with Gasteiger partial charge in [0.2, 0.25) is 0 Å². The van der Waals surface area contributed by atoms with Gasteiger partial charge in [-0.3, -0.25) is 4.98 Å². The molecule has 1 aromatic heterocycles. The minimum Gasteiger partial charge on any atom is -0.444 e. The maximum absolute atomic E-state index is 11.5. The molecule has 6 nitrogen and oxygen atoms in total. The van der Waals surface area contributed by atoms with Gasteiger partial charge in [-0.05, 0) is 20.8 Å². The van der Waals surface area contributed by atoms with E-state index in [1.165, 1.54) is 12.4 Å². The van der Waals surface area contributed by atoms with E-state index in [1.54, 1.807) is 20.8 Å². The van der Waals surface area contributed by atoms with E-state index in [-0.39, 0.29) is 5.15 Å². The molecule has 0 spiro atoms. The second-order valence-electron chi connectivity index (χ2n) is 4.52. The number of halogens is 1. The van der Waals surface area contributed by atoms with Crippen LogP contribution in [0.5, 0.6) is 0 Å². The number of hydrogen-bond acceptors (Lipinski definition) is 5. The van der Waals surface area contributed by atoms with Crippen molar-refractivity contribution in [3.63, 3.8) is 0 Å². The maximum atomic E-state index is 11.5. The van der Waals surface area contributed by atoms with Gasteiger partial charge in [0.1, 0.15) is 23.1 Å². The van der Waals surface area contributed by atoms with E-state index in [9.17, 15) is 9.59 Å². The zero-order valence-corrected chi connectivity index (χ0v) is 11.1. The largest absolute Gasteiger partial charge is 0.444 e. The van der Waals surface area contributed by atoms with Gasteiger partial charge in [0.15, 0.2) is 0 Å². The van der Waals surface area contributed by atoms with Crippen LogP contribution in [0.3, 0.4) is 0 Å². The fourth-order valence-corrected chi connectivity index (χ4v) is 1.19. The van der Waals surface area contributed by atoms with E-state index in [4.69, 9.17) is 16.3 Å². The third-order valence-electron chi connectivity index (χ3n) is 1.77. The van der Waals surface area contributed by atoms with Crippen LogP contribution in [0.2, 0.25) is 5.15 Å². The molecule has 0 saturated carbocycles. The Morgan fingerprint density at radius 1 is 1.44 bits per heavy atom. The van der Waals surface area contributed by atoms with Crippen molar-refractivity contribution in [2.45, 2.75) is 32.4 Å². The summed E-state index contributed by atoms with van der Waals surface area (Å²) in [5, 5.41) is 2.59. The molecule has 0 fully saturated rings. The lowest BCUT2D eigenvalue weighted by atomic mass is 10.2. The average molecular weight is 272 g/mol. The second-order valence-corrected chi connectivity index (χ2v) is 4.91. The van der Waals surface area contributed by atoms with Crippen LogP contribution in [0.25, 0.3) is 0 Å². The number of rotatable bonds is 3. The molecule has 1 aromatic rings. The molecule has 18 heavy (non-hydrogen) atoms. The molecule has 0 aliphatic rings. The quantitative estimate of drug-likeness (QED) is 0.849. The summed E-state index contributed by atoms with van der Waals surface area (Å²) in [6.07, 6.45) is 2.46. The molecule has 7 heteroatoms. The summed E-state index contributed by atoms with van der Waals surface area (Å²) in [6.45, 7) is 5.18. The van der Waals surface area contributed by atoms with Crippen molar-refractivity contribution in [2.24, 2.45) is 0 Å². The van der Waals surface area contributed by atoms with E-state index in [0.29, 0.717) is 12.0 Å². The molecular weight excluding hydrogens is 258 g/mol. The second kappa shape index (κ2) is 5.77. The summed E-state index contributed by atoms with van der Waals surface area (Å²) < 4.78 is 5.03. The number of nitrogens with one attached hydrogen (secondary N) is 1. The summed E-state index contributed by atoms with van der Waals surface area (Å²) in [5.41, 5.74) is -0.344. The number of ether oxygens (including phenoxy) is 1. The Morgan fingerprint density at radius 2 is 2.11 bits per heavy atom. The Kier molecular flexibility index (Phi) is 4.61. The third-order valence-corrected chi connectivity index (χ3v) is 1.96. The highest BCUT2D eigenvalue weighted by atomic mass is 35.5. The third kappa shape index (κ3) is 4.67. The van der Waals surface area contributed by atoms with Gasteiger partial charge in [0.25, 0.3) is 0 Å². The van der Waals surface area contributed by atoms with Crippen LogP contribution in [0.15, 0.2) is 12.4 Å². The monoisotopic (exact) mass is 271 g/mol. The Labute approximate surface area is 110 Å². The van der Waals surface area contributed by atoms with Crippen LogP contribution < -0.4 is 5.32 Å². The van der Waals surface area contributed by atoms with Crippen LogP contribution in [-0.4, -0.2) is 27.9 Å². The molecule has 1 atom stereocenters. The number of amides is 1. The zero-order chi connectivity index (χ0) is 13.8. The smallest absolute Gasteiger partial charge is 0.408 e. The van der Waals surface area contributed by atoms with Crippen molar-refractivity contribution in [3.8, 4) is 0 Å². The Balaban J connectivity index is 2.71. The normalized spacial score (nSPS) is 12.7. The van der Waals surface area contributed by atoms with Crippen molar-refractivity contribution in [3.05, 3.63) is 23.2 Å². The van der Waals surface area contributed by atoms with E-state index in [0.717, 1.165) is 0 Å². The highest BCUT2D eigenvalue weighted by molar-refractivity contribution is 6.29. The molecule has 1 heterocycles. The summed E-state index contributed by atoms with van der Waals surface area (Å²) in [5.74, 6) is 0. The summed E-state index contributed by atoms with van der Waals surface area (Å²) in [7, 11) is 0. The van der Waals surface area contributed by atoms with Crippen molar-refractivity contribution in [1.29, 1.82) is 0 Å². The van der Waals surface area contributed by atoms with E-state index in [2.05, 4.69) is 15.3 Å². The molecule has 98 valence electrons. The topological polar surface area (TPSA) is 81.2 Å². The van der Waals surface area contributed by atoms with Gasteiger partial charge in [-0.2, -0.15) is 0 Å². The Bertz CT molecular complexity index is 428. The maximum Gasteiger partial charge on any atom is 0.408 e. The first kappa shape index (κ1) is 14.4. The van der Waals surface area contributed by atoms with Gasteiger partial charge in [-0.15, -0.1) is 0 Å². The van der Waals surface area contributed by atoms with Crippen LogP contribution in [0.4, 0.5) is 4.79 Å². The zero-order valence-electron chi connectivity index (χ0n) is 10.3. The fraction of sp³-hybridized carbons (Fsp3) is 0.455. The number of aromatic nitrogens is 2. The minimum atomic E-state index is -0.912. The lowest BCUT2D eigenvalue weighted by Gasteiger charge is -2.21. The van der Waals surface area contributed by atoms with E-state index >= 15 is 0 Å². The molecule has 0 radical (unpaired) electrons. The van der Waals surface area contributed by atoms with Crippen LogP contribution >= 0.6 is 11.6 Å². The van der Waals surface area contributed by atoms with Crippen LogP contribution in [0.1, 0.15) is 32.5 Å². The van der Waals surface area contributed by atoms with Crippen molar-refractivity contribution in [1.82, 2.24) is 15.3 Å². The average Bonchev–Trinajstić information content (AvgIpc) is 2.25. The van der Waals surface area contributed by atoms with E-state index < -0.39 is 17.7 Å². The molecule has 0 saturated heterocycles. The SMILES string of the molecule is CC(C)(C)OC(=O)NC(C=O)c1cnc(Cl)cn1. The van der Waals surface area contributed by atoms with Gasteiger partial charge in [-0.25, -0.2) is 9.78 Å².